The minimum absolute atomic E-state index is 0.0415. The van der Waals surface area contributed by atoms with Gasteiger partial charge in [-0.2, -0.15) is 0 Å². The SMILES string of the molecule is COC[C@H]1CN(C(=O)NCc2ccc3ccccc3c2)CCO1. The summed E-state index contributed by atoms with van der Waals surface area (Å²) in [4.78, 5) is 14.1. The predicted molar refractivity (Wildman–Crippen MR) is 89.4 cm³/mol. The van der Waals surface area contributed by atoms with E-state index in [1.807, 2.05) is 12.1 Å². The van der Waals surface area contributed by atoms with E-state index in [4.69, 9.17) is 9.47 Å². The van der Waals surface area contributed by atoms with Crippen molar-refractivity contribution in [1.29, 1.82) is 0 Å². The summed E-state index contributed by atoms with van der Waals surface area (Å²) in [7, 11) is 1.64. The molecule has 23 heavy (non-hydrogen) atoms. The number of methoxy groups -OCH3 is 1. The highest BCUT2D eigenvalue weighted by atomic mass is 16.5. The lowest BCUT2D eigenvalue weighted by Crippen LogP contribution is -2.50. The average Bonchev–Trinajstić information content (AvgIpc) is 2.60. The number of benzene rings is 2. The number of hydrogen-bond donors (Lipinski definition) is 1. The Kier molecular flexibility index (Phi) is 5.10. The molecule has 0 unspecified atom stereocenters. The molecule has 5 heteroatoms. The van der Waals surface area contributed by atoms with Crippen LogP contribution in [0.5, 0.6) is 0 Å². The van der Waals surface area contributed by atoms with E-state index in [0.717, 1.165) is 5.56 Å². The molecule has 0 aromatic heterocycles. The van der Waals surface area contributed by atoms with Gasteiger partial charge in [0.15, 0.2) is 0 Å². The van der Waals surface area contributed by atoms with E-state index in [1.165, 1.54) is 10.8 Å². The van der Waals surface area contributed by atoms with Crippen LogP contribution in [-0.2, 0) is 16.0 Å². The maximum atomic E-state index is 12.3. The van der Waals surface area contributed by atoms with Crippen molar-refractivity contribution in [2.45, 2.75) is 12.6 Å². The fourth-order valence-electron chi connectivity index (χ4n) is 2.83. The van der Waals surface area contributed by atoms with Crippen LogP contribution in [-0.4, -0.2) is 50.4 Å². The first kappa shape index (κ1) is 15.8. The maximum Gasteiger partial charge on any atom is 0.317 e. The van der Waals surface area contributed by atoms with Gasteiger partial charge in [0.05, 0.1) is 25.9 Å². The van der Waals surface area contributed by atoms with Gasteiger partial charge in [0.25, 0.3) is 0 Å². The molecule has 1 aliphatic heterocycles. The van der Waals surface area contributed by atoms with Gasteiger partial charge in [0.1, 0.15) is 0 Å². The van der Waals surface area contributed by atoms with E-state index in [2.05, 4.69) is 35.6 Å². The number of nitrogens with zero attached hydrogens (tertiary/aromatic N) is 1. The molecule has 2 amide bonds. The van der Waals surface area contributed by atoms with E-state index in [-0.39, 0.29) is 12.1 Å². The highest BCUT2D eigenvalue weighted by Gasteiger charge is 2.23. The van der Waals surface area contributed by atoms with Crippen molar-refractivity contribution >= 4 is 16.8 Å². The first-order valence-corrected chi connectivity index (χ1v) is 7.87. The lowest BCUT2D eigenvalue weighted by Gasteiger charge is -2.32. The molecular formula is C18H22N2O3. The molecule has 1 heterocycles. The van der Waals surface area contributed by atoms with Crippen LogP contribution in [0.25, 0.3) is 10.8 Å². The molecule has 3 rings (SSSR count). The van der Waals surface area contributed by atoms with Gasteiger partial charge in [0, 0.05) is 20.2 Å². The number of rotatable bonds is 4. The number of hydrogen-bond acceptors (Lipinski definition) is 3. The van der Waals surface area contributed by atoms with E-state index < -0.39 is 0 Å². The molecular weight excluding hydrogens is 292 g/mol. The number of carbonyl (C=O) groups is 1. The van der Waals surface area contributed by atoms with Crippen LogP contribution in [0.3, 0.4) is 0 Å². The normalized spacial score (nSPS) is 18.1. The van der Waals surface area contributed by atoms with E-state index >= 15 is 0 Å². The minimum atomic E-state index is -0.0532. The topological polar surface area (TPSA) is 50.8 Å². The Morgan fingerprint density at radius 3 is 2.96 bits per heavy atom. The highest BCUT2D eigenvalue weighted by Crippen LogP contribution is 2.15. The zero-order valence-corrected chi connectivity index (χ0v) is 13.3. The van der Waals surface area contributed by atoms with Crippen LogP contribution in [0.15, 0.2) is 42.5 Å². The third-order valence-electron chi connectivity index (χ3n) is 4.04. The summed E-state index contributed by atoms with van der Waals surface area (Å²) in [5.41, 5.74) is 1.10. The van der Waals surface area contributed by atoms with Crippen LogP contribution in [0.4, 0.5) is 4.79 Å². The molecule has 5 nitrogen and oxygen atoms in total. The second kappa shape index (κ2) is 7.44. The molecule has 2 aromatic rings. The molecule has 0 spiro atoms. The molecule has 1 N–H and O–H groups in total. The summed E-state index contributed by atoms with van der Waals surface area (Å²) in [5, 5.41) is 5.38. The lowest BCUT2D eigenvalue weighted by atomic mass is 10.1. The summed E-state index contributed by atoms with van der Waals surface area (Å²) in [6.45, 7) is 2.77. The van der Waals surface area contributed by atoms with Gasteiger partial charge in [-0.15, -0.1) is 0 Å². The van der Waals surface area contributed by atoms with Crippen molar-refractivity contribution in [1.82, 2.24) is 10.2 Å². The molecule has 1 saturated heterocycles. The average molecular weight is 314 g/mol. The number of urea groups is 1. The molecule has 2 aromatic carbocycles. The van der Waals surface area contributed by atoms with Gasteiger partial charge < -0.3 is 19.7 Å². The lowest BCUT2D eigenvalue weighted by molar-refractivity contribution is -0.0494. The third kappa shape index (κ3) is 4.00. The van der Waals surface area contributed by atoms with Gasteiger partial charge in [-0.3, -0.25) is 0 Å². The predicted octanol–water partition coefficient (Wildman–Crippen LogP) is 2.40. The largest absolute Gasteiger partial charge is 0.382 e. The van der Waals surface area contributed by atoms with E-state index in [9.17, 15) is 4.79 Å². The molecule has 0 aliphatic carbocycles. The second-order valence-electron chi connectivity index (χ2n) is 5.73. The van der Waals surface area contributed by atoms with E-state index in [1.54, 1.807) is 12.0 Å². The van der Waals surface area contributed by atoms with Crippen LogP contribution < -0.4 is 5.32 Å². The van der Waals surface area contributed by atoms with Gasteiger partial charge in [-0.25, -0.2) is 4.79 Å². The molecule has 1 fully saturated rings. The van der Waals surface area contributed by atoms with Crippen molar-refractivity contribution in [3.63, 3.8) is 0 Å². The number of ether oxygens (including phenoxy) is 2. The van der Waals surface area contributed by atoms with Gasteiger partial charge in [-0.05, 0) is 22.4 Å². The molecule has 1 atom stereocenters. The Labute approximate surface area is 136 Å². The first-order valence-electron chi connectivity index (χ1n) is 7.87. The standard InChI is InChI=1S/C18H22N2O3/c1-22-13-17-12-20(8-9-23-17)18(21)19-11-14-6-7-15-4-2-3-5-16(15)10-14/h2-7,10,17H,8-9,11-13H2,1H3,(H,19,21)/t17-/m1/s1. The Hall–Kier alpha value is -2.11. The summed E-state index contributed by atoms with van der Waals surface area (Å²) in [5.74, 6) is 0. The fraction of sp³-hybridized carbons (Fsp3) is 0.389. The monoisotopic (exact) mass is 314 g/mol. The number of amides is 2. The molecule has 122 valence electrons. The Morgan fingerprint density at radius 1 is 1.30 bits per heavy atom. The van der Waals surface area contributed by atoms with Crippen LogP contribution >= 0.6 is 0 Å². The maximum absolute atomic E-state index is 12.3. The number of carbonyl (C=O) groups excluding carboxylic acids is 1. The van der Waals surface area contributed by atoms with Gasteiger partial charge >= 0.3 is 6.03 Å². The summed E-state index contributed by atoms with van der Waals surface area (Å²) in [6.07, 6.45) is -0.0415. The Bertz CT molecular complexity index is 672. The summed E-state index contributed by atoms with van der Waals surface area (Å²) >= 11 is 0. The first-order chi connectivity index (χ1) is 11.3. The molecule has 0 radical (unpaired) electrons. The zero-order valence-electron chi connectivity index (χ0n) is 13.3. The molecule has 0 saturated carbocycles. The van der Waals surface area contributed by atoms with Crippen LogP contribution in [0.1, 0.15) is 5.56 Å². The van der Waals surface area contributed by atoms with Crippen molar-refractivity contribution in [3.05, 3.63) is 48.0 Å². The second-order valence-corrected chi connectivity index (χ2v) is 5.73. The van der Waals surface area contributed by atoms with E-state index in [0.29, 0.717) is 32.8 Å². The number of morpholine rings is 1. The van der Waals surface area contributed by atoms with Gasteiger partial charge in [-0.1, -0.05) is 36.4 Å². The van der Waals surface area contributed by atoms with Crippen LogP contribution in [0.2, 0.25) is 0 Å². The Morgan fingerprint density at radius 2 is 2.13 bits per heavy atom. The third-order valence-corrected chi connectivity index (χ3v) is 4.04. The van der Waals surface area contributed by atoms with Crippen LogP contribution in [0, 0.1) is 0 Å². The van der Waals surface area contributed by atoms with Crippen molar-refractivity contribution in [2.75, 3.05) is 33.4 Å². The van der Waals surface area contributed by atoms with Gasteiger partial charge in [0.2, 0.25) is 0 Å². The smallest absolute Gasteiger partial charge is 0.317 e. The quantitative estimate of drug-likeness (QED) is 0.943. The van der Waals surface area contributed by atoms with Crippen molar-refractivity contribution in [2.24, 2.45) is 0 Å². The zero-order chi connectivity index (χ0) is 16.1. The highest BCUT2D eigenvalue weighted by molar-refractivity contribution is 5.83. The van der Waals surface area contributed by atoms with Crippen molar-refractivity contribution in [3.8, 4) is 0 Å². The fourth-order valence-corrected chi connectivity index (χ4v) is 2.83. The van der Waals surface area contributed by atoms with Crippen molar-refractivity contribution < 1.29 is 14.3 Å². The summed E-state index contributed by atoms with van der Waals surface area (Å²) in [6, 6.07) is 14.4. The summed E-state index contributed by atoms with van der Waals surface area (Å²) < 4.78 is 10.7. The number of fused-ring (bicyclic) bond motifs is 1. The molecule has 1 aliphatic rings. The number of nitrogens with one attached hydrogen (secondary N) is 1. The minimum Gasteiger partial charge on any atom is -0.382 e. The Balaban J connectivity index is 1.57. The molecule has 0 bridgehead atoms.